The Labute approximate surface area is 198 Å². The number of fused-ring (bicyclic) bond motifs is 1. The monoisotopic (exact) mass is 482 g/mol. The van der Waals surface area contributed by atoms with Gasteiger partial charge in [-0.1, -0.05) is 0 Å². The predicted octanol–water partition coefficient (Wildman–Crippen LogP) is 3.66. The maximum atomic E-state index is 12.8. The summed E-state index contributed by atoms with van der Waals surface area (Å²) >= 11 is 0. The number of halogens is 3. The van der Waals surface area contributed by atoms with Gasteiger partial charge in [-0.05, 0) is 24.3 Å². The summed E-state index contributed by atoms with van der Waals surface area (Å²) in [5.41, 5.74) is 0.493. The van der Waals surface area contributed by atoms with Crippen molar-refractivity contribution in [2.45, 2.75) is 6.18 Å². The molecule has 1 saturated heterocycles. The van der Waals surface area contributed by atoms with E-state index in [0.29, 0.717) is 28.5 Å². The largest absolute Gasteiger partial charge is 0.494 e. The second-order valence-electron chi connectivity index (χ2n) is 7.83. The third kappa shape index (κ3) is 4.78. The predicted molar refractivity (Wildman–Crippen MR) is 125 cm³/mol. The van der Waals surface area contributed by atoms with Crippen molar-refractivity contribution in [3.05, 3.63) is 54.6 Å². The van der Waals surface area contributed by atoms with E-state index >= 15 is 0 Å². The highest BCUT2D eigenvalue weighted by molar-refractivity contribution is 5.95. The first-order chi connectivity index (χ1) is 16.9. The van der Waals surface area contributed by atoms with E-state index in [9.17, 15) is 13.2 Å². The lowest BCUT2D eigenvalue weighted by atomic mass is 10.2. The van der Waals surface area contributed by atoms with Crippen LogP contribution in [0.4, 0.5) is 30.6 Å². The van der Waals surface area contributed by atoms with E-state index in [1.165, 1.54) is 6.07 Å². The van der Waals surface area contributed by atoms with Crippen LogP contribution in [0.25, 0.3) is 22.3 Å². The van der Waals surface area contributed by atoms with E-state index in [1.54, 1.807) is 37.8 Å². The molecule has 5 rings (SSSR count). The third-order valence-corrected chi connectivity index (χ3v) is 5.55. The molecule has 35 heavy (non-hydrogen) atoms. The number of pyridine rings is 3. The number of nitrogens with one attached hydrogen (secondary N) is 2. The van der Waals surface area contributed by atoms with Crippen LogP contribution in [0.3, 0.4) is 0 Å². The number of piperazine rings is 1. The Balaban J connectivity index is 1.51. The van der Waals surface area contributed by atoms with Gasteiger partial charge in [-0.15, -0.1) is 0 Å². The van der Waals surface area contributed by atoms with E-state index in [2.05, 4.69) is 30.5 Å². The first kappa shape index (κ1) is 22.7. The Morgan fingerprint density at radius 1 is 1.00 bits per heavy atom. The van der Waals surface area contributed by atoms with Crippen LogP contribution in [0, 0.1) is 0 Å². The van der Waals surface area contributed by atoms with E-state index < -0.39 is 11.7 Å². The number of aromatic nitrogens is 5. The minimum Gasteiger partial charge on any atom is -0.494 e. The molecule has 1 fully saturated rings. The van der Waals surface area contributed by atoms with Gasteiger partial charge >= 0.3 is 6.18 Å². The van der Waals surface area contributed by atoms with Crippen LogP contribution < -0.4 is 20.3 Å². The summed E-state index contributed by atoms with van der Waals surface area (Å²) in [6, 6.07) is 5.70. The van der Waals surface area contributed by atoms with Gasteiger partial charge in [0.25, 0.3) is 0 Å². The zero-order valence-corrected chi connectivity index (χ0v) is 18.7. The van der Waals surface area contributed by atoms with Gasteiger partial charge in [0.2, 0.25) is 0 Å². The summed E-state index contributed by atoms with van der Waals surface area (Å²) in [5.74, 6) is 2.44. The molecule has 12 heteroatoms. The molecule has 2 N–H and O–H groups in total. The number of nitrogens with zero attached hydrogens (tertiary/aromatic N) is 6. The first-order valence-electron chi connectivity index (χ1n) is 10.8. The average molecular weight is 482 g/mol. The fourth-order valence-electron chi connectivity index (χ4n) is 3.83. The number of hydrogen-bond acceptors (Lipinski definition) is 9. The van der Waals surface area contributed by atoms with Crippen LogP contribution in [0.2, 0.25) is 0 Å². The third-order valence-electron chi connectivity index (χ3n) is 5.55. The Kier molecular flexibility index (Phi) is 6.03. The van der Waals surface area contributed by atoms with Crippen molar-refractivity contribution >= 4 is 28.4 Å². The Morgan fingerprint density at radius 2 is 1.83 bits per heavy atom. The average Bonchev–Trinajstić information content (AvgIpc) is 2.88. The van der Waals surface area contributed by atoms with Gasteiger partial charge in [-0.25, -0.2) is 19.9 Å². The minimum atomic E-state index is -4.45. The van der Waals surface area contributed by atoms with Crippen molar-refractivity contribution in [1.82, 2.24) is 30.2 Å². The number of rotatable bonds is 5. The van der Waals surface area contributed by atoms with E-state index in [0.717, 1.165) is 49.6 Å². The van der Waals surface area contributed by atoms with Gasteiger partial charge in [0.1, 0.15) is 23.2 Å². The number of hydrogen-bond donors (Lipinski definition) is 2. The number of methoxy groups -OCH3 is 1. The molecule has 4 aromatic rings. The smallest absolute Gasteiger partial charge is 0.417 e. The molecular weight excluding hydrogens is 461 g/mol. The lowest BCUT2D eigenvalue weighted by molar-refractivity contribution is -0.137. The second-order valence-corrected chi connectivity index (χ2v) is 7.83. The maximum absolute atomic E-state index is 12.8. The van der Waals surface area contributed by atoms with Gasteiger partial charge in [-0.2, -0.15) is 13.2 Å². The summed E-state index contributed by atoms with van der Waals surface area (Å²) < 4.78 is 44.0. The fourth-order valence-corrected chi connectivity index (χ4v) is 3.83. The zero-order valence-electron chi connectivity index (χ0n) is 18.7. The van der Waals surface area contributed by atoms with Gasteiger partial charge in [0.15, 0.2) is 5.82 Å². The Bertz CT molecular complexity index is 1340. The number of ether oxygens (including phenoxy) is 1. The molecule has 0 amide bonds. The van der Waals surface area contributed by atoms with Crippen LogP contribution in [0.1, 0.15) is 5.56 Å². The molecule has 1 aliphatic rings. The standard InChI is InChI=1S/C23H21F3N8O/c1-35-17-13-28-12-16-20(17)22(34-8-6-27-7-9-34)33-21(31-16)14-4-5-29-19(10-14)32-18-3-2-15(11-30-18)23(24,25)26/h2-5,10-13,27H,6-9H2,1H3,(H,29,30,32). The van der Waals surface area contributed by atoms with E-state index in [4.69, 9.17) is 14.7 Å². The van der Waals surface area contributed by atoms with Crippen LogP contribution in [0.15, 0.2) is 49.1 Å². The van der Waals surface area contributed by atoms with Gasteiger partial charge in [-0.3, -0.25) is 4.98 Å². The number of anilines is 3. The molecule has 180 valence electrons. The van der Waals surface area contributed by atoms with Crippen LogP contribution in [-0.4, -0.2) is 58.2 Å². The molecule has 0 atom stereocenters. The van der Waals surface area contributed by atoms with E-state index in [-0.39, 0.29) is 5.82 Å². The van der Waals surface area contributed by atoms with Crippen LogP contribution in [0.5, 0.6) is 5.75 Å². The topological polar surface area (TPSA) is 101 Å². The highest BCUT2D eigenvalue weighted by Gasteiger charge is 2.30. The Hall–Kier alpha value is -4.06. The van der Waals surface area contributed by atoms with Crippen LogP contribution >= 0.6 is 0 Å². The number of alkyl halides is 3. The molecule has 1 aliphatic heterocycles. The van der Waals surface area contributed by atoms with Crippen molar-refractivity contribution in [2.75, 3.05) is 43.5 Å². The molecular formula is C23H21F3N8O. The van der Waals surface area contributed by atoms with E-state index in [1.807, 2.05) is 0 Å². The summed E-state index contributed by atoms with van der Waals surface area (Å²) in [6.07, 6.45) is 1.21. The minimum absolute atomic E-state index is 0.234. The molecule has 4 aromatic heterocycles. The van der Waals surface area contributed by atoms with Gasteiger partial charge in [0.05, 0.1) is 36.0 Å². The van der Waals surface area contributed by atoms with Crippen molar-refractivity contribution in [3.8, 4) is 17.1 Å². The first-order valence-corrected chi connectivity index (χ1v) is 10.8. The molecule has 0 aromatic carbocycles. The fraction of sp³-hybridized carbons (Fsp3) is 0.261. The SMILES string of the molecule is COc1cncc2nc(-c3ccnc(Nc4ccc(C(F)(F)F)cn4)c3)nc(N3CCNCC3)c12. The zero-order chi connectivity index (χ0) is 24.4. The lowest BCUT2D eigenvalue weighted by Crippen LogP contribution is -2.44. The molecule has 0 unspecified atom stereocenters. The molecule has 0 aliphatic carbocycles. The summed E-state index contributed by atoms with van der Waals surface area (Å²) in [7, 11) is 1.59. The van der Waals surface area contributed by atoms with Gasteiger partial charge in [0, 0.05) is 44.1 Å². The normalized spacial score (nSPS) is 14.2. The molecule has 0 radical (unpaired) electrons. The summed E-state index contributed by atoms with van der Waals surface area (Å²) in [5, 5.41) is 7.05. The summed E-state index contributed by atoms with van der Waals surface area (Å²) in [4.78, 5) is 24.1. The van der Waals surface area contributed by atoms with Crippen molar-refractivity contribution < 1.29 is 17.9 Å². The Morgan fingerprint density at radius 3 is 2.54 bits per heavy atom. The lowest BCUT2D eigenvalue weighted by Gasteiger charge is -2.29. The molecule has 9 nitrogen and oxygen atoms in total. The molecule has 0 spiro atoms. The summed E-state index contributed by atoms with van der Waals surface area (Å²) in [6.45, 7) is 3.22. The van der Waals surface area contributed by atoms with Crippen LogP contribution in [-0.2, 0) is 6.18 Å². The quantitative estimate of drug-likeness (QED) is 0.441. The maximum Gasteiger partial charge on any atom is 0.417 e. The van der Waals surface area contributed by atoms with Gasteiger partial charge < -0.3 is 20.3 Å². The molecule has 5 heterocycles. The molecule has 0 bridgehead atoms. The second kappa shape index (κ2) is 9.29. The molecule has 0 saturated carbocycles. The van der Waals surface area contributed by atoms with Crippen molar-refractivity contribution in [1.29, 1.82) is 0 Å². The van der Waals surface area contributed by atoms with Crippen molar-refractivity contribution in [2.24, 2.45) is 0 Å². The highest BCUT2D eigenvalue weighted by atomic mass is 19.4. The highest BCUT2D eigenvalue weighted by Crippen LogP contribution is 2.34. The van der Waals surface area contributed by atoms with Crippen molar-refractivity contribution in [3.63, 3.8) is 0 Å².